The van der Waals surface area contributed by atoms with E-state index < -0.39 is 0 Å². The predicted octanol–water partition coefficient (Wildman–Crippen LogP) is 2.11. The largest absolute Gasteiger partial charge is 0.341 e. The molecule has 0 N–H and O–H groups in total. The molecule has 3 rings (SSSR count). The molecule has 0 unspecified atom stereocenters. The fraction of sp³-hybridized carbons (Fsp3) is 0.750. The molecule has 0 radical (unpaired) electrons. The van der Waals surface area contributed by atoms with Crippen LogP contribution in [0.2, 0.25) is 5.28 Å². The zero-order valence-electron chi connectivity index (χ0n) is 10.6. The van der Waals surface area contributed by atoms with E-state index >= 15 is 0 Å². The van der Waals surface area contributed by atoms with Crippen molar-refractivity contribution in [2.24, 2.45) is 0 Å². The average Bonchev–Trinajstić information content (AvgIpc) is 2.79. The molecule has 0 amide bonds. The van der Waals surface area contributed by atoms with Crippen LogP contribution in [0.5, 0.6) is 0 Å². The van der Waals surface area contributed by atoms with Crippen molar-refractivity contribution in [3.05, 3.63) is 5.28 Å². The Morgan fingerprint density at radius 1 is 1.11 bits per heavy atom. The summed E-state index contributed by atoms with van der Waals surface area (Å²) in [4.78, 5) is 17.4. The summed E-state index contributed by atoms with van der Waals surface area (Å²) < 4.78 is 0. The molecule has 18 heavy (non-hydrogen) atoms. The molecule has 98 valence electrons. The lowest BCUT2D eigenvalue weighted by Gasteiger charge is -2.34. The number of anilines is 2. The first kappa shape index (κ1) is 12.0. The molecule has 2 aliphatic rings. The highest BCUT2D eigenvalue weighted by Gasteiger charge is 2.25. The first-order chi connectivity index (χ1) is 8.74. The highest BCUT2D eigenvalue weighted by atomic mass is 35.5. The van der Waals surface area contributed by atoms with E-state index in [0.29, 0.717) is 17.3 Å². The number of rotatable bonds is 3. The Bertz CT molecular complexity index is 428. The van der Waals surface area contributed by atoms with E-state index in [-0.39, 0.29) is 0 Å². The Kier molecular flexibility index (Phi) is 3.24. The highest BCUT2D eigenvalue weighted by Crippen LogP contribution is 2.27. The van der Waals surface area contributed by atoms with E-state index in [4.69, 9.17) is 11.6 Å². The normalized spacial score (nSPS) is 20.0. The van der Waals surface area contributed by atoms with Gasteiger partial charge in [0, 0.05) is 26.2 Å². The van der Waals surface area contributed by atoms with Crippen LogP contribution in [0.4, 0.5) is 11.9 Å². The van der Waals surface area contributed by atoms with E-state index in [1.165, 1.54) is 32.1 Å². The van der Waals surface area contributed by atoms with Gasteiger partial charge in [0.1, 0.15) is 0 Å². The van der Waals surface area contributed by atoms with Crippen molar-refractivity contribution in [2.45, 2.75) is 38.1 Å². The Hall–Kier alpha value is -1.10. The molecule has 1 saturated carbocycles. The van der Waals surface area contributed by atoms with Gasteiger partial charge >= 0.3 is 0 Å². The summed E-state index contributed by atoms with van der Waals surface area (Å²) in [6.07, 6.45) is 6.15. The molecule has 2 heterocycles. The second-order valence-corrected chi connectivity index (χ2v) is 5.43. The topological polar surface area (TPSA) is 45.2 Å². The van der Waals surface area contributed by atoms with E-state index in [2.05, 4.69) is 24.8 Å². The van der Waals surface area contributed by atoms with E-state index in [1.807, 2.05) is 7.05 Å². The van der Waals surface area contributed by atoms with Gasteiger partial charge in [-0.15, -0.1) is 0 Å². The van der Waals surface area contributed by atoms with E-state index in [9.17, 15) is 0 Å². The Morgan fingerprint density at radius 3 is 2.44 bits per heavy atom. The van der Waals surface area contributed by atoms with Gasteiger partial charge in [0.05, 0.1) is 0 Å². The maximum Gasteiger partial charge on any atom is 0.231 e. The molecule has 1 aliphatic carbocycles. The van der Waals surface area contributed by atoms with Gasteiger partial charge in [0.2, 0.25) is 17.2 Å². The van der Waals surface area contributed by atoms with Crippen LogP contribution in [0, 0.1) is 0 Å². The van der Waals surface area contributed by atoms with Crippen LogP contribution < -0.4 is 9.80 Å². The van der Waals surface area contributed by atoms with Gasteiger partial charge in [-0.2, -0.15) is 15.0 Å². The summed E-state index contributed by atoms with van der Waals surface area (Å²) in [6, 6.07) is 0.565. The summed E-state index contributed by atoms with van der Waals surface area (Å²) in [7, 11) is 2.04. The summed E-state index contributed by atoms with van der Waals surface area (Å²) in [5.74, 6) is 1.44. The lowest BCUT2D eigenvalue weighted by atomic mass is 9.92. The van der Waals surface area contributed by atoms with Crippen molar-refractivity contribution >= 4 is 23.5 Å². The van der Waals surface area contributed by atoms with Gasteiger partial charge < -0.3 is 9.80 Å². The average molecular weight is 268 g/mol. The predicted molar refractivity (Wildman–Crippen MR) is 72.3 cm³/mol. The van der Waals surface area contributed by atoms with Crippen molar-refractivity contribution in [1.82, 2.24) is 15.0 Å². The lowest BCUT2D eigenvalue weighted by Crippen LogP contribution is -2.38. The van der Waals surface area contributed by atoms with Crippen molar-refractivity contribution < 1.29 is 0 Å². The number of halogens is 1. The van der Waals surface area contributed by atoms with Crippen LogP contribution in [0.1, 0.15) is 32.1 Å². The second-order valence-electron chi connectivity index (χ2n) is 5.09. The SMILES string of the molecule is CN(c1nc(Cl)nc(N2CCCC2)n1)C1CCC1. The van der Waals surface area contributed by atoms with Gasteiger partial charge in [0.25, 0.3) is 0 Å². The third-order valence-corrected chi connectivity index (χ3v) is 4.08. The molecule has 0 aromatic carbocycles. The van der Waals surface area contributed by atoms with Crippen LogP contribution >= 0.6 is 11.6 Å². The zero-order valence-corrected chi connectivity index (χ0v) is 11.4. The fourth-order valence-corrected chi connectivity index (χ4v) is 2.63. The smallest absolute Gasteiger partial charge is 0.231 e. The zero-order chi connectivity index (χ0) is 12.5. The molecular formula is C12H18ClN5. The monoisotopic (exact) mass is 267 g/mol. The van der Waals surface area contributed by atoms with E-state index in [1.54, 1.807) is 0 Å². The summed E-state index contributed by atoms with van der Waals surface area (Å²) in [5.41, 5.74) is 0. The minimum Gasteiger partial charge on any atom is -0.341 e. The van der Waals surface area contributed by atoms with Crippen LogP contribution in [0.25, 0.3) is 0 Å². The summed E-state index contributed by atoms with van der Waals surface area (Å²) in [5, 5.41) is 0.299. The standard InChI is InChI=1S/C12H18ClN5/c1-17(9-5-4-6-9)11-14-10(13)15-12(16-11)18-7-2-3-8-18/h9H,2-8H2,1H3. The van der Waals surface area contributed by atoms with Crippen LogP contribution in [0.15, 0.2) is 0 Å². The van der Waals surface area contributed by atoms with Crippen molar-refractivity contribution in [2.75, 3.05) is 29.9 Å². The summed E-state index contributed by atoms with van der Waals surface area (Å²) >= 11 is 6.02. The minimum absolute atomic E-state index is 0.299. The Labute approximate surface area is 112 Å². The van der Waals surface area contributed by atoms with Gasteiger partial charge in [-0.05, 0) is 43.7 Å². The van der Waals surface area contributed by atoms with Crippen molar-refractivity contribution in [3.8, 4) is 0 Å². The number of aromatic nitrogens is 3. The molecule has 1 aromatic rings. The third kappa shape index (κ3) is 2.23. The number of nitrogens with zero attached hydrogens (tertiary/aromatic N) is 5. The molecule has 6 heteroatoms. The highest BCUT2D eigenvalue weighted by molar-refractivity contribution is 6.28. The molecule has 1 aromatic heterocycles. The van der Waals surface area contributed by atoms with Crippen molar-refractivity contribution in [3.63, 3.8) is 0 Å². The summed E-state index contributed by atoms with van der Waals surface area (Å²) in [6.45, 7) is 2.04. The number of hydrogen-bond acceptors (Lipinski definition) is 5. The minimum atomic E-state index is 0.299. The molecule has 1 saturated heterocycles. The van der Waals surface area contributed by atoms with Crippen LogP contribution in [-0.2, 0) is 0 Å². The fourth-order valence-electron chi connectivity index (χ4n) is 2.48. The molecule has 0 bridgehead atoms. The lowest BCUT2D eigenvalue weighted by molar-refractivity contribution is 0.397. The van der Waals surface area contributed by atoms with Gasteiger partial charge in [-0.1, -0.05) is 0 Å². The maximum atomic E-state index is 6.02. The Morgan fingerprint density at radius 2 is 1.83 bits per heavy atom. The van der Waals surface area contributed by atoms with Crippen LogP contribution in [-0.4, -0.2) is 41.1 Å². The van der Waals surface area contributed by atoms with Gasteiger partial charge in [0.15, 0.2) is 0 Å². The third-order valence-electron chi connectivity index (χ3n) is 3.91. The Balaban J connectivity index is 1.84. The molecular weight excluding hydrogens is 250 g/mol. The second kappa shape index (κ2) is 4.88. The first-order valence-corrected chi connectivity index (χ1v) is 7.01. The quantitative estimate of drug-likeness (QED) is 0.839. The molecule has 1 aliphatic heterocycles. The van der Waals surface area contributed by atoms with Crippen LogP contribution in [0.3, 0.4) is 0 Å². The molecule has 5 nitrogen and oxygen atoms in total. The number of hydrogen-bond donors (Lipinski definition) is 0. The maximum absolute atomic E-state index is 6.02. The van der Waals surface area contributed by atoms with E-state index in [0.717, 1.165) is 19.0 Å². The first-order valence-electron chi connectivity index (χ1n) is 6.63. The molecule has 0 atom stereocenters. The molecule has 2 fully saturated rings. The van der Waals surface area contributed by atoms with Gasteiger partial charge in [-0.3, -0.25) is 0 Å². The van der Waals surface area contributed by atoms with Crippen molar-refractivity contribution in [1.29, 1.82) is 0 Å². The van der Waals surface area contributed by atoms with Gasteiger partial charge in [-0.25, -0.2) is 0 Å². The molecule has 0 spiro atoms.